The topological polar surface area (TPSA) is 50.3 Å². The van der Waals surface area contributed by atoms with Crippen molar-refractivity contribution in [2.24, 2.45) is 0 Å². The predicted octanol–water partition coefficient (Wildman–Crippen LogP) is 3.46. The summed E-state index contributed by atoms with van der Waals surface area (Å²) in [5.74, 6) is -0.506. The van der Waals surface area contributed by atoms with Crippen LogP contribution in [0.3, 0.4) is 0 Å². The van der Waals surface area contributed by atoms with Gasteiger partial charge in [-0.1, -0.05) is 11.6 Å². The van der Waals surface area contributed by atoms with Gasteiger partial charge in [0.05, 0.1) is 10.6 Å². The second-order valence-corrected chi connectivity index (χ2v) is 7.13. The van der Waals surface area contributed by atoms with Crippen LogP contribution >= 0.6 is 27.5 Å². The highest BCUT2D eigenvalue weighted by molar-refractivity contribution is 9.10. The molecule has 2 aromatic rings. The Labute approximate surface area is 129 Å². The highest BCUT2D eigenvalue weighted by atomic mass is 79.9. The summed E-state index contributed by atoms with van der Waals surface area (Å²) in [4.78, 5) is 3.84. The van der Waals surface area contributed by atoms with Crippen LogP contribution in [0.15, 0.2) is 45.9 Å². The number of benzene rings is 1. The molecule has 0 saturated carbocycles. The normalized spacial score (nSPS) is 11.4. The lowest BCUT2D eigenvalue weighted by molar-refractivity contribution is 0.593. The van der Waals surface area contributed by atoms with Crippen molar-refractivity contribution in [3.05, 3.63) is 52.0 Å². The van der Waals surface area contributed by atoms with E-state index in [0.29, 0.717) is 4.47 Å². The molecule has 0 amide bonds. The number of rotatable bonds is 3. The average molecular weight is 380 g/mol. The van der Waals surface area contributed by atoms with E-state index in [1.807, 2.05) is 0 Å². The van der Waals surface area contributed by atoms with Gasteiger partial charge in [0.25, 0.3) is 10.0 Å². The third-order valence-electron chi connectivity index (χ3n) is 2.60. The molecule has 1 aromatic heterocycles. The first kappa shape index (κ1) is 15.2. The summed E-state index contributed by atoms with van der Waals surface area (Å²) >= 11 is 9.12. The lowest BCUT2D eigenvalue weighted by Gasteiger charge is -2.20. The summed E-state index contributed by atoms with van der Waals surface area (Å²) in [7, 11) is -2.47. The first-order valence-electron chi connectivity index (χ1n) is 5.38. The molecule has 0 saturated heterocycles. The summed E-state index contributed by atoms with van der Waals surface area (Å²) in [6.07, 6.45) is 1.46. The third-order valence-corrected chi connectivity index (χ3v) is 5.11. The Morgan fingerprint density at radius 3 is 2.50 bits per heavy atom. The highest BCUT2D eigenvalue weighted by Crippen LogP contribution is 2.30. The molecule has 0 radical (unpaired) electrons. The lowest BCUT2D eigenvalue weighted by Crippen LogP contribution is -2.27. The average Bonchev–Trinajstić information content (AvgIpc) is 2.41. The number of aromatic nitrogens is 1. The summed E-state index contributed by atoms with van der Waals surface area (Å²) in [6, 6.07) is 6.10. The molecule has 0 unspecified atom stereocenters. The van der Waals surface area contributed by atoms with Crippen molar-refractivity contribution in [2.75, 3.05) is 11.4 Å². The van der Waals surface area contributed by atoms with Gasteiger partial charge in [-0.2, -0.15) is 0 Å². The van der Waals surface area contributed by atoms with E-state index in [9.17, 15) is 12.8 Å². The van der Waals surface area contributed by atoms with E-state index < -0.39 is 15.8 Å². The van der Waals surface area contributed by atoms with Gasteiger partial charge in [-0.15, -0.1) is 0 Å². The van der Waals surface area contributed by atoms with Gasteiger partial charge in [0, 0.05) is 17.7 Å². The zero-order valence-electron chi connectivity index (χ0n) is 10.2. The van der Waals surface area contributed by atoms with E-state index >= 15 is 0 Å². The molecule has 0 spiro atoms. The summed E-state index contributed by atoms with van der Waals surface area (Å²) in [5.41, 5.74) is 0.227. The lowest BCUT2D eigenvalue weighted by atomic mass is 10.4. The molecule has 0 atom stereocenters. The third kappa shape index (κ3) is 2.94. The fourth-order valence-electron chi connectivity index (χ4n) is 1.53. The van der Waals surface area contributed by atoms with Crippen molar-refractivity contribution in [3.8, 4) is 0 Å². The number of pyridine rings is 1. The Morgan fingerprint density at radius 1 is 1.30 bits per heavy atom. The number of nitrogens with zero attached hydrogens (tertiary/aromatic N) is 2. The molecule has 20 heavy (non-hydrogen) atoms. The Bertz CT molecular complexity index is 738. The van der Waals surface area contributed by atoms with Gasteiger partial charge in [0.15, 0.2) is 5.15 Å². The van der Waals surface area contributed by atoms with E-state index in [2.05, 4.69) is 20.9 Å². The van der Waals surface area contributed by atoms with E-state index in [1.165, 1.54) is 31.4 Å². The minimum absolute atomic E-state index is 0.0301. The van der Waals surface area contributed by atoms with Crippen LogP contribution in [0.1, 0.15) is 0 Å². The molecule has 8 heteroatoms. The maximum absolute atomic E-state index is 12.9. The van der Waals surface area contributed by atoms with Gasteiger partial charge in [-0.05, 0) is 46.3 Å². The minimum Gasteiger partial charge on any atom is -0.266 e. The molecular formula is C12H9BrClFN2O2S. The van der Waals surface area contributed by atoms with E-state index in [4.69, 9.17) is 11.6 Å². The Morgan fingerprint density at radius 2 is 1.90 bits per heavy atom. The number of hydrogen-bond acceptors (Lipinski definition) is 3. The largest absolute Gasteiger partial charge is 0.266 e. The van der Waals surface area contributed by atoms with Gasteiger partial charge in [-0.25, -0.2) is 17.8 Å². The maximum atomic E-state index is 12.9. The van der Waals surface area contributed by atoms with Crippen LogP contribution in [0.5, 0.6) is 0 Å². The second-order valence-electron chi connectivity index (χ2n) is 3.89. The Balaban J connectivity index is 2.48. The van der Waals surface area contributed by atoms with Crippen LogP contribution in [0.2, 0.25) is 5.15 Å². The van der Waals surface area contributed by atoms with Crippen molar-refractivity contribution in [1.82, 2.24) is 4.98 Å². The van der Waals surface area contributed by atoms with E-state index in [-0.39, 0.29) is 15.7 Å². The van der Waals surface area contributed by atoms with Crippen LogP contribution < -0.4 is 4.31 Å². The minimum atomic E-state index is -3.83. The number of halogens is 3. The molecule has 106 valence electrons. The molecule has 2 rings (SSSR count). The Kier molecular flexibility index (Phi) is 4.31. The van der Waals surface area contributed by atoms with Crippen LogP contribution in [0.25, 0.3) is 0 Å². The van der Waals surface area contributed by atoms with Crippen molar-refractivity contribution in [3.63, 3.8) is 0 Å². The molecule has 0 aliphatic rings. The van der Waals surface area contributed by atoms with Crippen molar-refractivity contribution < 1.29 is 12.8 Å². The summed E-state index contributed by atoms with van der Waals surface area (Å²) < 4.78 is 39.3. The van der Waals surface area contributed by atoms with Gasteiger partial charge in [0.2, 0.25) is 0 Å². The monoisotopic (exact) mass is 378 g/mol. The first-order chi connectivity index (χ1) is 9.32. The van der Waals surface area contributed by atoms with E-state index in [0.717, 1.165) is 16.4 Å². The van der Waals surface area contributed by atoms with Crippen LogP contribution in [-0.4, -0.2) is 20.4 Å². The molecule has 1 heterocycles. The Hall–Kier alpha value is -1.18. The van der Waals surface area contributed by atoms with Crippen LogP contribution in [0, 0.1) is 5.82 Å². The molecule has 0 bridgehead atoms. The van der Waals surface area contributed by atoms with Gasteiger partial charge < -0.3 is 0 Å². The summed E-state index contributed by atoms with van der Waals surface area (Å²) in [6.45, 7) is 0. The molecule has 0 fully saturated rings. The van der Waals surface area contributed by atoms with Crippen LogP contribution in [-0.2, 0) is 10.0 Å². The van der Waals surface area contributed by atoms with Gasteiger partial charge in [-0.3, -0.25) is 4.31 Å². The molecule has 4 nitrogen and oxygen atoms in total. The fraction of sp³-hybridized carbons (Fsp3) is 0.0833. The fourth-order valence-corrected chi connectivity index (χ4v) is 3.32. The van der Waals surface area contributed by atoms with Gasteiger partial charge in [0.1, 0.15) is 5.82 Å². The number of hydrogen-bond donors (Lipinski definition) is 0. The number of anilines is 1. The van der Waals surface area contributed by atoms with E-state index in [1.54, 1.807) is 0 Å². The standard InChI is InChI=1S/C12H9BrClFN2O2S/c1-17(11-6-8(13)7-16-12(11)14)20(18,19)10-4-2-9(15)3-5-10/h2-7H,1H3. The highest BCUT2D eigenvalue weighted by Gasteiger charge is 2.23. The predicted molar refractivity (Wildman–Crippen MR) is 78.9 cm³/mol. The van der Waals surface area contributed by atoms with Crippen LogP contribution in [0.4, 0.5) is 10.1 Å². The zero-order chi connectivity index (χ0) is 14.9. The molecule has 0 aliphatic carbocycles. The number of sulfonamides is 1. The first-order valence-corrected chi connectivity index (χ1v) is 7.99. The summed E-state index contributed by atoms with van der Waals surface area (Å²) in [5, 5.41) is 0.0568. The van der Waals surface area contributed by atoms with Gasteiger partial charge >= 0.3 is 0 Å². The van der Waals surface area contributed by atoms with Crippen molar-refractivity contribution in [2.45, 2.75) is 4.90 Å². The molecular weight excluding hydrogens is 371 g/mol. The maximum Gasteiger partial charge on any atom is 0.264 e. The smallest absolute Gasteiger partial charge is 0.264 e. The molecule has 0 N–H and O–H groups in total. The molecule has 0 aliphatic heterocycles. The van der Waals surface area contributed by atoms with Crippen molar-refractivity contribution >= 4 is 43.2 Å². The van der Waals surface area contributed by atoms with Crippen molar-refractivity contribution in [1.29, 1.82) is 0 Å². The second kappa shape index (κ2) is 5.67. The quantitative estimate of drug-likeness (QED) is 0.767. The SMILES string of the molecule is CN(c1cc(Br)cnc1Cl)S(=O)(=O)c1ccc(F)cc1. The molecule has 1 aromatic carbocycles. The zero-order valence-corrected chi connectivity index (χ0v) is 13.4.